The van der Waals surface area contributed by atoms with Crippen LogP contribution >= 0.6 is 11.6 Å². The molecule has 150 valence electrons. The van der Waals surface area contributed by atoms with E-state index in [0.29, 0.717) is 0 Å². The molecule has 1 heterocycles. The molecule has 28 heavy (non-hydrogen) atoms. The van der Waals surface area contributed by atoms with Crippen LogP contribution in [0.3, 0.4) is 0 Å². The highest BCUT2D eigenvalue weighted by Gasteiger charge is 2.25. The van der Waals surface area contributed by atoms with Crippen molar-refractivity contribution in [2.45, 2.75) is 31.8 Å². The molecule has 0 unspecified atom stereocenters. The van der Waals surface area contributed by atoms with Crippen molar-refractivity contribution in [3.8, 4) is 11.5 Å². The molecule has 1 aromatic carbocycles. The quantitative estimate of drug-likeness (QED) is 0.555. The third kappa shape index (κ3) is 3.99. The number of rotatable bonds is 5. The molecule has 0 radical (unpaired) electrons. The largest absolute Gasteiger partial charge is 0.493 e. The number of hydrogen-bond donors (Lipinski definition) is 1. The molecule has 1 saturated carbocycles. The molecule has 3 rings (SSSR count). The molecule has 1 N–H and O–H groups in total. The third-order valence-electron chi connectivity index (χ3n) is 4.33. The van der Waals surface area contributed by atoms with Gasteiger partial charge >= 0.3 is 0 Å². The van der Waals surface area contributed by atoms with E-state index in [1.165, 1.54) is 7.11 Å². The predicted molar refractivity (Wildman–Crippen MR) is 92.9 cm³/mol. The molecule has 1 aromatic heterocycles. The van der Waals surface area contributed by atoms with E-state index in [4.69, 9.17) is 21.1 Å². The van der Waals surface area contributed by atoms with Gasteiger partial charge in [0.05, 0.1) is 18.8 Å². The minimum atomic E-state index is -1.79. The number of aromatic nitrogens is 1. The first-order valence-electron chi connectivity index (χ1n) is 8.37. The molecule has 1 fully saturated rings. The highest BCUT2D eigenvalue weighted by atomic mass is 35.5. The van der Waals surface area contributed by atoms with Gasteiger partial charge in [-0.25, -0.2) is 4.39 Å². The summed E-state index contributed by atoms with van der Waals surface area (Å²) in [7, 11) is 1.31. The van der Waals surface area contributed by atoms with E-state index >= 15 is 0 Å². The van der Waals surface area contributed by atoms with Crippen LogP contribution in [0.15, 0.2) is 12.1 Å². The van der Waals surface area contributed by atoms with Crippen molar-refractivity contribution in [3.05, 3.63) is 46.2 Å². The second kappa shape index (κ2) is 8.22. The van der Waals surface area contributed by atoms with Gasteiger partial charge in [0.2, 0.25) is 11.8 Å². The Labute approximate surface area is 162 Å². The Bertz CT molecular complexity index is 894. The van der Waals surface area contributed by atoms with E-state index < -0.39 is 45.7 Å². The van der Waals surface area contributed by atoms with Crippen molar-refractivity contribution in [1.82, 2.24) is 4.98 Å². The Morgan fingerprint density at radius 3 is 2.46 bits per heavy atom. The van der Waals surface area contributed by atoms with E-state index in [2.05, 4.69) is 4.98 Å². The summed E-state index contributed by atoms with van der Waals surface area (Å²) in [5.74, 6) is -6.96. The van der Waals surface area contributed by atoms with Crippen LogP contribution in [0.25, 0.3) is 0 Å². The second-order valence-electron chi connectivity index (χ2n) is 6.16. The molecule has 1 amide bonds. The van der Waals surface area contributed by atoms with Gasteiger partial charge in [-0.05, 0) is 31.7 Å². The Morgan fingerprint density at radius 1 is 1.14 bits per heavy atom. The lowest BCUT2D eigenvalue weighted by Gasteiger charge is -2.17. The van der Waals surface area contributed by atoms with Crippen molar-refractivity contribution >= 4 is 23.2 Å². The molecule has 1 aliphatic rings. The summed E-state index contributed by atoms with van der Waals surface area (Å²) in [4.78, 5) is 15.0. The lowest BCUT2D eigenvalue weighted by atomic mass is 10.1. The van der Waals surface area contributed by atoms with E-state index in [0.717, 1.165) is 37.8 Å². The minimum Gasteiger partial charge on any atom is -0.493 e. The molecule has 0 saturated heterocycles. The van der Waals surface area contributed by atoms with Crippen LogP contribution in [-0.2, 0) is 0 Å². The first-order valence-corrected chi connectivity index (χ1v) is 8.75. The number of ether oxygens (including phenoxy) is 2. The molecule has 1 aliphatic carbocycles. The summed E-state index contributed by atoms with van der Waals surface area (Å²) in [6.45, 7) is 0. The highest BCUT2D eigenvalue weighted by molar-refractivity contribution is 6.34. The van der Waals surface area contributed by atoms with Gasteiger partial charge in [-0.15, -0.1) is 0 Å². The first kappa shape index (κ1) is 20.2. The fraction of sp³-hybridized carbons (Fsp3) is 0.333. The molecule has 5 nitrogen and oxygen atoms in total. The van der Waals surface area contributed by atoms with E-state index in [9.17, 15) is 22.4 Å². The van der Waals surface area contributed by atoms with Crippen LogP contribution in [0.1, 0.15) is 36.0 Å². The maximum Gasteiger partial charge on any atom is 0.258 e. The van der Waals surface area contributed by atoms with Gasteiger partial charge < -0.3 is 14.8 Å². The summed E-state index contributed by atoms with van der Waals surface area (Å²) < 4.78 is 65.8. The molecule has 2 aromatic rings. The number of carbonyl (C=O) groups excluding carboxylic acids is 1. The fourth-order valence-electron chi connectivity index (χ4n) is 2.92. The van der Waals surface area contributed by atoms with Crippen LogP contribution < -0.4 is 14.8 Å². The molecule has 0 spiro atoms. The number of nitrogens with zero attached hydrogens (tertiary/aromatic N) is 1. The van der Waals surface area contributed by atoms with Gasteiger partial charge in [-0.1, -0.05) is 11.6 Å². The van der Waals surface area contributed by atoms with Crippen LogP contribution in [-0.4, -0.2) is 24.1 Å². The fourth-order valence-corrected chi connectivity index (χ4v) is 3.10. The van der Waals surface area contributed by atoms with Crippen molar-refractivity contribution < 1.29 is 31.8 Å². The van der Waals surface area contributed by atoms with Gasteiger partial charge in [0.15, 0.2) is 11.5 Å². The third-order valence-corrected chi connectivity index (χ3v) is 4.67. The average Bonchev–Trinajstić information content (AvgIpc) is 3.17. The summed E-state index contributed by atoms with van der Waals surface area (Å²) in [5, 5.41) is 0.932. The van der Waals surface area contributed by atoms with E-state index in [1.54, 1.807) is 0 Å². The smallest absolute Gasteiger partial charge is 0.258 e. The lowest BCUT2D eigenvalue weighted by Crippen LogP contribution is -2.18. The Hall–Kier alpha value is -2.55. The number of benzene rings is 1. The molecule has 0 bridgehead atoms. The minimum absolute atomic E-state index is 0.0752. The SMILES string of the molecule is COc1cc(F)c(C(=O)Nc2c(F)c(F)nc(F)c2Cl)cc1OC1CCCC1. The number of methoxy groups -OCH3 is 1. The van der Waals surface area contributed by atoms with Crippen LogP contribution in [0.2, 0.25) is 5.02 Å². The first-order chi connectivity index (χ1) is 13.3. The summed E-state index contributed by atoms with van der Waals surface area (Å²) in [6, 6.07) is 2.02. The zero-order valence-corrected chi connectivity index (χ0v) is 15.4. The number of amides is 1. The van der Waals surface area contributed by atoms with E-state index in [-0.39, 0.29) is 17.6 Å². The Morgan fingerprint density at radius 2 is 1.82 bits per heavy atom. The van der Waals surface area contributed by atoms with Gasteiger partial charge in [0.25, 0.3) is 11.9 Å². The molecule has 0 atom stereocenters. The van der Waals surface area contributed by atoms with Gasteiger partial charge in [0, 0.05) is 6.07 Å². The van der Waals surface area contributed by atoms with Crippen LogP contribution in [0.4, 0.5) is 23.2 Å². The monoisotopic (exact) mass is 418 g/mol. The maximum absolute atomic E-state index is 14.4. The lowest BCUT2D eigenvalue weighted by molar-refractivity contribution is 0.102. The van der Waals surface area contributed by atoms with E-state index in [1.807, 2.05) is 5.32 Å². The predicted octanol–water partition coefficient (Wildman–Crippen LogP) is 4.87. The number of halogens is 5. The second-order valence-corrected chi connectivity index (χ2v) is 6.54. The molecular weight excluding hydrogens is 404 g/mol. The number of nitrogens with one attached hydrogen (secondary N) is 1. The molecule has 0 aliphatic heterocycles. The maximum atomic E-state index is 14.4. The summed E-state index contributed by atoms with van der Waals surface area (Å²) in [6.07, 6.45) is 3.47. The number of hydrogen-bond acceptors (Lipinski definition) is 4. The van der Waals surface area contributed by atoms with Crippen molar-refractivity contribution in [3.63, 3.8) is 0 Å². The topological polar surface area (TPSA) is 60.5 Å². The van der Waals surface area contributed by atoms with Gasteiger partial charge in [0.1, 0.15) is 16.5 Å². The molecule has 10 heteroatoms. The number of anilines is 1. The van der Waals surface area contributed by atoms with Gasteiger partial charge in [-0.2, -0.15) is 18.2 Å². The van der Waals surface area contributed by atoms with Crippen molar-refractivity contribution in [2.75, 3.05) is 12.4 Å². The zero-order chi connectivity index (χ0) is 20.4. The average molecular weight is 419 g/mol. The standard InChI is InChI=1S/C18H15ClF4N2O3/c1-27-11-7-10(20)9(6-12(11)28-8-4-2-3-5-8)18(26)24-15-13(19)16(22)25-17(23)14(15)21/h6-8H,2-5H2,1H3,(H,24,25,26). The highest BCUT2D eigenvalue weighted by Crippen LogP contribution is 2.35. The Balaban J connectivity index is 1.93. The normalized spacial score (nSPS) is 14.2. The van der Waals surface area contributed by atoms with Crippen LogP contribution in [0, 0.1) is 23.5 Å². The molecular formula is C18H15ClF4N2O3. The Kier molecular flexibility index (Phi) is 5.93. The summed E-state index contributed by atoms with van der Waals surface area (Å²) >= 11 is 5.54. The van der Waals surface area contributed by atoms with Gasteiger partial charge in [-0.3, -0.25) is 4.79 Å². The van der Waals surface area contributed by atoms with Crippen molar-refractivity contribution in [1.29, 1.82) is 0 Å². The van der Waals surface area contributed by atoms with Crippen LogP contribution in [0.5, 0.6) is 11.5 Å². The van der Waals surface area contributed by atoms with Crippen molar-refractivity contribution in [2.24, 2.45) is 0 Å². The zero-order valence-electron chi connectivity index (χ0n) is 14.6. The summed E-state index contributed by atoms with van der Waals surface area (Å²) in [5.41, 5.74) is -1.52. The number of pyridine rings is 1. The number of carbonyl (C=O) groups is 1.